The van der Waals surface area contributed by atoms with Gasteiger partial charge in [0.05, 0.1) is 12.4 Å². The number of nitrogens with zero attached hydrogens (tertiary/aromatic N) is 3. The Hall–Kier alpha value is -1.36. The summed E-state index contributed by atoms with van der Waals surface area (Å²) in [6.45, 7) is 1.46. The number of ether oxygens (including phenoxy) is 1. The van der Waals surface area contributed by atoms with Crippen LogP contribution in [0.5, 0.6) is 5.88 Å². The Balaban J connectivity index is 2.33. The molecule has 2 N–H and O–H groups in total. The van der Waals surface area contributed by atoms with Crippen LogP contribution in [0.4, 0.5) is 5.82 Å². The number of rotatable bonds is 4. The maximum absolute atomic E-state index is 5.37. The van der Waals surface area contributed by atoms with Crippen molar-refractivity contribution in [1.29, 1.82) is 0 Å². The lowest BCUT2D eigenvalue weighted by molar-refractivity contribution is 0.253. The van der Waals surface area contributed by atoms with Crippen LogP contribution < -0.4 is 10.5 Å². The first-order valence-electron chi connectivity index (χ1n) is 4.03. The van der Waals surface area contributed by atoms with Gasteiger partial charge in [-0.1, -0.05) is 0 Å². The second kappa shape index (κ2) is 4.61. The fourth-order valence-electron chi connectivity index (χ4n) is 0.733. The molecule has 0 aliphatic carbocycles. The van der Waals surface area contributed by atoms with Crippen molar-refractivity contribution in [2.75, 3.05) is 33.0 Å². The van der Waals surface area contributed by atoms with Crippen molar-refractivity contribution in [3.05, 3.63) is 12.4 Å². The average Bonchev–Trinajstić information content (AvgIpc) is 2.08. The summed E-state index contributed by atoms with van der Waals surface area (Å²) < 4.78 is 5.30. The number of hydrogen-bond acceptors (Lipinski definition) is 5. The zero-order valence-corrected chi connectivity index (χ0v) is 7.90. The fourth-order valence-corrected chi connectivity index (χ4v) is 0.733. The number of likely N-dealkylation sites (N-methyl/N-ethyl adjacent to an activating group) is 1. The van der Waals surface area contributed by atoms with Crippen LogP contribution in [0.2, 0.25) is 0 Å². The van der Waals surface area contributed by atoms with Crippen LogP contribution in [0.1, 0.15) is 0 Å². The highest BCUT2D eigenvalue weighted by Gasteiger charge is 1.95. The van der Waals surface area contributed by atoms with Crippen LogP contribution in [0.25, 0.3) is 0 Å². The topological polar surface area (TPSA) is 64.3 Å². The summed E-state index contributed by atoms with van der Waals surface area (Å²) in [4.78, 5) is 9.83. The molecule has 5 heteroatoms. The van der Waals surface area contributed by atoms with Crippen LogP contribution >= 0.6 is 0 Å². The number of nitrogen functional groups attached to an aromatic ring is 1. The average molecular weight is 182 g/mol. The van der Waals surface area contributed by atoms with E-state index in [1.807, 2.05) is 19.0 Å². The van der Waals surface area contributed by atoms with Crippen molar-refractivity contribution >= 4 is 5.82 Å². The smallest absolute Gasteiger partial charge is 0.232 e. The van der Waals surface area contributed by atoms with Gasteiger partial charge in [-0.25, -0.2) is 9.97 Å². The van der Waals surface area contributed by atoms with Crippen molar-refractivity contribution in [1.82, 2.24) is 14.9 Å². The molecule has 0 aromatic carbocycles. The summed E-state index contributed by atoms with van der Waals surface area (Å²) in [7, 11) is 3.97. The molecule has 0 radical (unpaired) electrons. The van der Waals surface area contributed by atoms with E-state index in [1.54, 1.807) is 0 Å². The van der Waals surface area contributed by atoms with Crippen molar-refractivity contribution in [3.8, 4) is 5.88 Å². The van der Waals surface area contributed by atoms with Gasteiger partial charge in [0.2, 0.25) is 5.88 Å². The standard InChI is InChI=1S/C8H14N4O/c1-12(2)3-4-13-8-6-10-7(9)5-11-8/h5-6H,3-4H2,1-2H3,(H2,9,10). The Morgan fingerprint density at radius 2 is 2.15 bits per heavy atom. The molecular weight excluding hydrogens is 168 g/mol. The van der Waals surface area contributed by atoms with E-state index in [0.29, 0.717) is 18.3 Å². The molecule has 1 aromatic heterocycles. The molecule has 1 aromatic rings. The van der Waals surface area contributed by atoms with Crippen LogP contribution in [0.15, 0.2) is 12.4 Å². The molecule has 0 amide bonds. The summed E-state index contributed by atoms with van der Waals surface area (Å²) >= 11 is 0. The van der Waals surface area contributed by atoms with Gasteiger partial charge >= 0.3 is 0 Å². The van der Waals surface area contributed by atoms with E-state index in [-0.39, 0.29) is 0 Å². The third-order valence-corrected chi connectivity index (χ3v) is 1.44. The first kappa shape index (κ1) is 9.73. The number of anilines is 1. The second-order valence-electron chi connectivity index (χ2n) is 2.93. The fraction of sp³-hybridized carbons (Fsp3) is 0.500. The Morgan fingerprint density at radius 3 is 2.69 bits per heavy atom. The maximum Gasteiger partial charge on any atom is 0.232 e. The lowest BCUT2D eigenvalue weighted by atomic mass is 10.6. The molecule has 0 unspecified atom stereocenters. The SMILES string of the molecule is CN(C)CCOc1cnc(N)cn1. The third-order valence-electron chi connectivity index (χ3n) is 1.44. The molecule has 0 bridgehead atoms. The predicted molar refractivity (Wildman–Crippen MR) is 50.5 cm³/mol. The van der Waals surface area contributed by atoms with Gasteiger partial charge < -0.3 is 15.4 Å². The Bertz CT molecular complexity index is 247. The van der Waals surface area contributed by atoms with Crippen molar-refractivity contribution in [3.63, 3.8) is 0 Å². The van der Waals surface area contributed by atoms with E-state index in [4.69, 9.17) is 10.5 Å². The van der Waals surface area contributed by atoms with Crippen molar-refractivity contribution in [2.45, 2.75) is 0 Å². The normalized spacial score (nSPS) is 10.4. The third kappa shape index (κ3) is 3.71. The summed E-state index contributed by atoms with van der Waals surface area (Å²) in [6.07, 6.45) is 3.00. The second-order valence-corrected chi connectivity index (χ2v) is 2.93. The zero-order valence-electron chi connectivity index (χ0n) is 7.90. The van der Waals surface area contributed by atoms with Crippen LogP contribution in [0, 0.1) is 0 Å². The molecular formula is C8H14N4O. The summed E-state index contributed by atoms with van der Waals surface area (Å²) in [5, 5.41) is 0. The van der Waals surface area contributed by atoms with Gasteiger partial charge in [-0.2, -0.15) is 0 Å². The Labute approximate surface area is 77.5 Å². The molecule has 13 heavy (non-hydrogen) atoms. The molecule has 0 aliphatic heterocycles. The molecule has 0 fully saturated rings. The Morgan fingerprint density at radius 1 is 1.38 bits per heavy atom. The Kier molecular flexibility index (Phi) is 3.45. The van der Waals surface area contributed by atoms with E-state index < -0.39 is 0 Å². The van der Waals surface area contributed by atoms with E-state index in [2.05, 4.69) is 9.97 Å². The molecule has 0 spiro atoms. The van der Waals surface area contributed by atoms with Crippen LogP contribution in [-0.4, -0.2) is 42.1 Å². The van der Waals surface area contributed by atoms with E-state index in [0.717, 1.165) is 6.54 Å². The monoisotopic (exact) mass is 182 g/mol. The molecule has 0 saturated carbocycles. The zero-order chi connectivity index (χ0) is 9.68. The minimum Gasteiger partial charge on any atom is -0.475 e. The van der Waals surface area contributed by atoms with E-state index in [9.17, 15) is 0 Å². The molecule has 0 aliphatic rings. The lowest BCUT2D eigenvalue weighted by Crippen LogP contribution is -2.19. The number of aromatic nitrogens is 2. The highest BCUT2D eigenvalue weighted by molar-refractivity contribution is 5.24. The van der Waals surface area contributed by atoms with Crippen molar-refractivity contribution < 1.29 is 4.74 Å². The van der Waals surface area contributed by atoms with Gasteiger partial charge in [-0.05, 0) is 14.1 Å². The number of nitrogens with two attached hydrogens (primary N) is 1. The molecule has 5 nitrogen and oxygen atoms in total. The molecule has 0 atom stereocenters. The van der Waals surface area contributed by atoms with Crippen molar-refractivity contribution in [2.24, 2.45) is 0 Å². The number of hydrogen-bond donors (Lipinski definition) is 1. The van der Waals surface area contributed by atoms with Gasteiger partial charge in [0, 0.05) is 6.54 Å². The first-order valence-corrected chi connectivity index (χ1v) is 4.03. The van der Waals surface area contributed by atoms with Gasteiger partial charge in [0.15, 0.2) is 0 Å². The maximum atomic E-state index is 5.37. The molecule has 1 rings (SSSR count). The van der Waals surface area contributed by atoms with Crippen LogP contribution in [0.3, 0.4) is 0 Å². The first-order chi connectivity index (χ1) is 6.18. The van der Waals surface area contributed by atoms with E-state index >= 15 is 0 Å². The predicted octanol–water partition coefficient (Wildman–Crippen LogP) is -0.000800. The highest BCUT2D eigenvalue weighted by Crippen LogP contribution is 2.03. The summed E-state index contributed by atoms with van der Waals surface area (Å²) in [6, 6.07) is 0. The summed E-state index contributed by atoms with van der Waals surface area (Å²) in [5.41, 5.74) is 5.37. The largest absolute Gasteiger partial charge is 0.475 e. The lowest BCUT2D eigenvalue weighted by Gasteiger charge is -2.09. The minimum atomic E-state index is 0.403. The minimum absolute atomic E-state index is 0.403. The highest BCUT2D eigenvalue weighted by atomic mass is 16.5. The van der Waals surface area contributed by atoms with E-state index in [1.165, 1.54) is 12.4 Å². The van der Waals surface area contributed by atoms with Gasteiger partial charge in [-0.3, -0.25) is 0 Å². The quantitative estimate of drug-likeness (QED) is 0.710. The molecule has 0 saturated heterocycles. The van der Waals surface area contributed by atoms with Gasteiger partial charge in [-0.15, -0.1) is 0 Å². The van der Waals surface area contributed by atoms with Gasteiger partial charge in [0.1, 0.15) is 12.4 Å². The summed E-state index contributed by atoms with van der Waals surface area (Å²) in [5.74, 6) is 0.913. The van der Waals surface area contributed by atoms with Gasteiger partial charge in [0.25, 0.3) is 0 Å². The molecule has 72 valence electrons. The molecule has 1 heterocycles. The van der Waals surface area contributed by atoms with Crippen LogP contribution in [-0.2, 0) is 0 Å².